The van der Waals surface area contributed by atoms with Gasteiger partial charge in [0.15, 0.2) is 5.96 Å². The number of nitrogens with zero attached hydrogens (tertiary/aromatic N) is 2. The molecule has 2 N–H and O–H groups in total. The molecule has 24 heavy (non-hydrogen) atoms. The van der Waals surface area contributed by atoms with Crippen LogP contribution >= 0.6 is 11.6 Å². The Morgan fingerprint density at radius 2 is 1.96 bits per heavy atom. The molecule has 0 fully saturated rings. The highest BCUT2D eigenvalue weighted by Gasteiger charge is 2.03. The largest absolute Gasteiger partial charge is 0.497 e. The summed E-state index contributed by atoms with van der Waals surface area (Å²) in [5, 5.41) is 7.29. The first kappa shape index (κ1) is 18.1. The summed E-state index contributed by atoms with van der Waals surface area (Å²) in [4.78, 5) is 8.52. The molecule has 5 nitrogen and oxygen atoms in total. The van der Waals surface area contributed by atoms with Crippen molar-refractivity contribution < 1.29 is 4.74 Å². The number of rotatable bonds is 7. The zero-order chi connectivity index (χ0) is 17.2. The molecule has 0 atom stereocenters. The number of methoxy groups -OCH3 is 1. The highest BCUT2D eigenvalue weighted by atomic mass is 35.5. The Morgan fingerprint density at radius 1 is 1.17 bits per heavy atom. The minimum absolute atomic E-state index is 0.717. The van der Waals surface area contributed by atoms with Crippen molar-refractivity contribution in [3.63, 3.8) is 0 Å². The SMILES string of the molecule is CN=C(NCCc1ccccn1)NCCc1ccc(OC)cc1Cl. The smallest absolute Gasteiger partial charge is 0.190 e. The summed E-state index contributed by atoms with van der Waals surface area (Å²) in [7, 11) is 3.39. The summed E-state index contributed by atoms with van der Waals surface area (Å²) in [5.41, 5.74) is 2.14. The third kappa shape index (κ3) is 5.74. The van der Waals surface area contributed by atoms with Crippen molar-refractivity contribution >= 4 is 17.6 Å². The van der Waals surface area contributed by atoms with Crippen LogP contribution in [0, 0.1) is 0 Å². The molecule has 128 valence electrons. The lowest BCUT2D eigenvalue weighted by atomic mass is 10.1. The molecule has 2 rings (SSSR count). The standard InChI is InChI=1S/C18H23ClN4O/c1-20-18(23-12-9-15-5-3-4-10-21-15)22-11-8-14-6-7-16(24-2)13-17(14)19/h3-7,10,13H,8-9,11-12H2,1-2H3,(H2,20,22,23). The van der Waals surface area contributed by atoms with Crippen LogP contribution in [0.2, 0.25) is 5.02 Å². The van der Waals surface area contributed by atoms with E-state index >= 15 is 0 Å². The molecule has 0 aliphatic carbocycles. The topological polar surface area (TPSA) is 58.5 Å². The summed E-state index contributed by atoms with van der Waals surface area (Å²) in [6.07, 6.45) is 3.47. The van der Waals surface area contributed by atoms with Crippen molar-refractivity contribution in [2.75, 3.05) is 27.2 Å². The first-order valence-electron chi connectivity index (χ1n) is 7.89. The molecule has 0 spiro atoms. The van der Waals surface area contributed by atoms with Crippen molar-refractivity contribution in [2.24, 2.45) is 4.99 Å². The van der Waals surface area contributed by atoms with Gasteiger partial charge in [-0.1, -0.05) is 23.7 Å². The van der Waals surface area contributed by atoms with E-state index < -0.39 is 0 Å². The average Bonchev–Trinajstić information content (AvgIpc) is 2.62. The van der Waals surface area contributed by atoms with Gasteiger partial charge in [-0.15, -0.1) is 0 Å². The molecule has 0 radical (unpaired) electrons. The van der Waals surface area contributed by atoms with Crippen molar-refractivity contribution in [2.45, 2.75) is 12.8 Å². The number of pyridine rings is 1. The van der Waals surface area contributed by atoms with Gasteiger partial charge in [0.1, 0.15) is 5.75 Å². The predicted octanol–water partition coefficient (Wildman–Crippen LogP) is 2.69. The predicted molar refractivity (Wildman–Crippen MR) is 99.0 cm³/mol. The van der Waals surface area contributed by atoms with Crippen LogP contribution in [0.5, 0.6) is 5.75 Å². The minimum atomic E-state index is 0.717. The van der Waals surface area contributed by atoms with Gasteiger partial charge in [0.25, 0.3) is 0 Å². The van der Waals surface area contributed by atoms with E-state index in [1.165, 1.54) is 0 Å². The number of aromatic nitrogens is 1. The first-order chi connectivity index (χ1) is 11.7. The molecule has 1 aromatic carbocycles. The normalized spacial score (nSPS) is 11.2. The van der Waals surface area contributed by atoms with Crippen molar-refractivity contribution in [1.29, 1.82) is 0 Å². The number of hydrogen-bond acceptors (Lipinski definition) is 3. The Balaban J connectivity index is 1.73. The highest BCUT2D eigenvalue weighted by molar-refractivity contribution is 6.31. The molecule has 0 aliphatic heterocycles. The van der Waals surface area contributed by atoms with E-state index in [0.29, 0.717) is 5.02 Å². The molecule has 6 heteroatoms. The van der Waals surface area contributed by atoms with E-state index in [1.54, 1.807) is 20.4 Å². The second-order valence-corrected chi connectivity index (χ2v) is 5.61. The highest BCUT2D eigenvalue weighted by Crippen LogP contribution is 2.22. The number of aliphatic imine (C=N–C) groups is 1. The summed E-state index contributed by atoms with van der Waals surface area (Å²) in [6, 6.07) is 11.7. The van der Waals surface area contributed by atoms with Crippen LogP contribution < -0.4 is 15.4 Å². The monoisotopic (exact) mass is 346 g/mol. The average molecular weight is 347 g/mol. The Hall–Kier alpha value is -2.27. The Bertz CT molecular complexity index is 661. The molecule has 1 heterocycles. The summed E-state index contributed by atoms with van der Waals surface area (Å²) >= 11 is 6.25. The molecule has 0 saturated heterocycles. The summed E-state index contributed by atoms with van der Waals surface area (Å²) in [5.74, 6) is 1.54. The summed E-state index contributed by atoms with van der Waals surface area (Å²) < 4.78 is 5.16. The van der Waals surface area contributed by atoms with E-state index in [2.05, 4.69) is 20.6 Å². The molecule has 0 aliphatic rings. The third-order valence-corrected chi connectivity index (χ3v) is 3.92. The fourth-order valence-electron chi connectivity index (χ4n) is 2.25. The maximum atomic E-state index is 6.25. The van der Waals surface area contributed by atoms with Gasteiger partial charge in [0.05, 0.1) is 7.11 Å². The number of guanidine groups is 1. The van der Waals surface area contributed by atoms with E-state index in [-0.39, 0.29) is 0 Å². The Labute approximate surface area is 148 Å². The third-order valence-electron chi connectivity index (χ3n) is 3.57. The Kier molecular flexibility index (Phi) is 7.36. The van der Waals surface area contributed by atoms with E-state index in [9.17, 15) is 0 Å². The lowest BCUT2D eigenvalue weighted by Crippen LogP contribution is -2.39. The van der Waals surface area contributed by atoms with Gasteiger partial charge in [0, 0.05) is 43.5 Å². The number of nitrogens with one attached hydrogen (secondary N) is 2. The van der Waals surface area contributed by atoms with E-state index in [1.807, 2.05) is 36.4 Å². The maximum absolute atomic E-state index is 6.25. The van der Waals surface area contributed by atoms with Crippen LogP contribution in [0.25, 0.3) is 0 Å². The molecule has 1 aromatic heterocycles. The summed E-state index contributed by atoms with van der Waals surface area (Å²) in [6.45, 7) is 1.52. The van der Waals surface area contributed by atoms with Gasteiger partial charge in [-0.3, -0.25) is 9.98 Å². The van der Waals surface area contributed by atoms with Gasteiger partial charge in [-0.05, 0) is 36.2 Å². The van der Waals surface area contributed by atoms with Gasteiger partial charge in [-0.25, -0.2) is 0 Å². The van der Waals surface area contributed by atoms with Crippen LogP contribution in [0.4, 0.5) is 0 Å². The zero-order valence-corrected chi connectivity index (χ0v) is 14.8. The fourth-order valence-corrected chi connectivity index (χ4v) is 2.51. The van der Waals surface area contributed by atoms with Crippen LogP contribution in [-0.2, 0) is 12.8 Å². The van der Waals surface area contributed by atoms with Gasteiger partial charge in [0.2, 0.25) is 0 Å². The van der Waals surface area contributed by atoms with Crippen molar-refractivity contribution in [3.05, 3.63) is 58.9 Å². The second-order valence-electron chi connectivity index (χ2n) is 5.20. The second kappa shape index (κ2) is 9.78. The molecule has 0 saturated carbocycles. The zero-order valence-electron chi connectivity index (χ0n) is 14.1. The molecular formula is C18H23ClN4O. The van der Waals surface area contributed by atoms with E-state index in [0.717, 1.165) is 48.9 Å². The Morgan fingerprint density at radius 3 is 2.58 bits per heavy atom. The molecule has 0 bridgehead atoms. The number of ether oxygens (including phenoxy) is 1. The number of benzene rings is 1. The van der Waals surface area contributed by atoms with Crippen LogP contribution in [-0.4, -0.2) is 38.2 Å². The van der Waals surface area contributed by atoms with Gasteiger partial charge in [-0.2, -0.15) is 0 Å². The van der Waals surface area contributed by atoms with Crippen molar-refractivity contribution in [1.82, 2.24) is 15.6 Å². The van der Waals surface area contributed by atoms with Crippen LogP contribution in [0.1, 0.15) is 11.3 Å². The van der Waals surface area contributed by atoms with Gasteiger partial charge < -0.3 is 15.4 Å². The lowest BCUT2D eigenvalue weighted by Gasteiger charge is -2.12. The molecule has 0 unspecified atom stereocenters. The first-order valence-corrected chi connectivity index (χ1v) is 8.27. The number of halogens is 1. The van der Waals surface area contributed by atoms with Crippen molar-refractivity contribution in [3.8, 4) is 5.75 Å². The maximum Gasteiger partial charge on any atom is 0.190 e. The van der Waals surface area contributed by atoms with Gasteiger partial charge >= 0.3 is 0 Å². The van der Waals surface area contributed by atoms with Crippen LogP contribution in [0.15, 0.2) is 47.6 Å². The minimum Gasteiger partial charge on any atom is -0.497 e. The van der Waals surface area contributed by atoms with Crippen LogP contribution in [0.3, 0.4) is 0 Å². The number of hydrogen-bond donors (Lipinski definition) is 2. The lowest BCUT2D eigenvalue weighted by molar-refractivity contribution is 0.414. The molecule has 2 aromatic rings. The fraction of sp³-hybridized carbons (Fsp3) is 0.333. The molecular weight excluding hydrogens is 324 g/mol. The molecule has 0 amide bonds. The quantitative estimate of drug-likeness (QED) is 0.598. The van der Waals surface area contributed by atoms with E-state index in [4.69, 9.17) is 16.3 Å².